The Bertz CT molecular complexity index is 680. The minimum atomic E-state index is -3.53. The number of nitrogens with two attached hydrogens (primary N) is 1. The largest absolute Gasteiger partial charge is 0.494 e. The molecule has 0 unspecified atom stereocenters. The zero-order chi connectivity index (χ0) is 15.3. The molecule has 0 amide bonds. The molecule has 0 saturated carbocycles. The minimum Gasteiger partial charge on any atom is -0.494 e. The Morgan fingerprint density at radius 1 is 1.05 bits per heavy atom. The summed E-state index contributed by atoms with van der Waals surface area (Å²) in [4.78, 5) is 0.197. The molecule has 0 radical (unpaired) electrons. The van der Waals surface area contributed by atoms with Gasteiger partial charge >= 0.3 is 0 Å². The van der Waals surface area contributed by atoms with Crippen LogP contribution in [0.3, 0.4) is 0 Å². The highest BCUT2D eigenvalue weighted by Crippen LogP contribution is 2.14. The lowest BCUT2D eigenvalue weighted by atomic mass is 10.2. The molecule has 2 aromatic carbocycles. The molecule has 0 aliphatic heterocycles. The van der Waals surface area contributed by atoms with Crippen molar-refractivity contribution in [3.8, 4) is 5.75 Å². The Morgan fingerprint density at radius 2 is 1.67 bits per heavy atom. The monoisotopic (exact) mass is 306 g/mol. The van der Waals surface area contributed by atoms with Crippen LogP contribution in [0.15, 0.2) is 53.4 Å². The molecule has 2 rings (SSSR count). The summed E-state index contributed by atoms with van der Waals surface area (Å²) in [5.41, 5.74) is 6.93. The highest BCUT2D eigenvalue weighted by Gasteiger charge is 2.13. The summed E-state index contributed by atoms with van der Waals surface area (Å²) in [6.07, 6.45) is 0. The fourth-order valence-electron chi connectivity index (χ4n) is 1.78. The number of sulfonamides is 1. The average Bonchev–Trinajstić information content (AvgIpc) is 2.47. The molecule has 0 aliphatic carbocycles. The average molecular weight is 306 g/mol. The molecule has 5 nitrogen and oxygen atoms in total. The Morgan fingerprint density at radius 3 is 2.24 bits per heavy atom. The number of hydrogen-bond acceptors (Lipinski definition) is 4. The fourth-order valence-corrected chi connectivity index (χ4v) is 2.80. The quantitative estimate of drug-likeness (QED) is 0.801. The summed E-state index contributed by atoms with van der Waals surface area (Å²) in [7, 11) is -3.53. The fraction of sp³-hybridized carbons (Fsp3) is 0.200. The van der Waals surface area contributed by atoms with Crippen LogP contribution in [-0.2, 0) is 16.6 Å². The van der Waals surface area contributed by atoms with Gasteiger partial charge in [-0.05, 0) is 48.9 Å². The van der Waals surface area contributed by atoms with E-state index in [9.17, 15) is 8.42 Å². The zero-order valence-corrected chi connectivity index (χ0v) is 12.6. The summed E-state index contributed by atoms with van der Waals surface area (Å²) < 4.78 is 32.1. The number of nitrogen functional groups attached to an aromatic ring is 1. The SMILES string of the molecule is CCOc1ccc(CNS(=O)(=O)c2ccc(N)cc2)cc1. The van der Waals surface area contributed by atoms with Gasteiger partial charge < -0.3 is 10.5 Å². The van der Waals surface area contributed by atoms with Gasteiger partial charge in [0.1, 0.15) is 5.75 Å². The van der Waals surface area contributed by atoms with E-state index >= 15 is 0 Å². The number of benzene rings is 2. The van der Waals surface area contributed by atoms with Crippen molar-refractivity contribution in [3.05, 3.63) is 54.1 Å². The maximum atomic E-state index is 12.1. The van der Waals surface area contributed by atoms with Crippen LogP contribution in [0.25, 0.3) is 0 Å². The Kier molecular flexibility index (Phi) is 4.82. The summed E-state index contributed by atoms with van der Waals surface area (Å²) in [5, 5.41) is 0. The van der Waals surface area contributed by atoms with Crippen molar-refractivity contribution in [2.45, 2.75) is 18.4 Å². The Balaban J connectivity index is 2.02. The maximum absolute atomic E-state index is 12.1. The van der Waals surface area contributed by atoms with Gasteiger partial charge in [0.05, 0.1) is 11.5 Å². The van der Waals surface area contributed by atoms with Gasteiger partial charge in [0, 0.05) is 12.2 Å². The first-order valence-corrected chi connectivity index (χ1v) is 8.06. The van der Waals surface area contributed by atoms with E-state index in [4.69, 9.17) is 10.5 Å². The molecule has 0 bridgehead atoms. The molecule has 0 aromatic heterocycles. The molecular formula is C15H18N2O3S. The van der Waals surface area contributed by atoms with Crippen LogP contribution in [-0.4, -0.2) is 15.0 Å². The second-order valence-corrected chi connectivity index (χ2v) is 6.24. The molecule has 0 saturated heterocycles. The smallest absolute Gasteiger partial charge is 0.240 e. The van der Waals surface area contributed by atoms with E-state index in [0.717, 1.165) is 11.3 Å². The van der Waals surface area contributed by atoms with E-state index in [1.165, 1.54) is 12.1 Å². The van der Waals surface area contributed by atoms with E-state index < -0.39 is 10.0 Å². The zero-order valence-electron chi connectivity index (χ0n) is 11.7. The predicted molar refractivity (Wildman–Crippen MR) is 82.5 cm³/mol. The van der Waals surface area contributed by atoms with Gasteiger partial charge in [-0.1, -0.05) is 12.1 Å². The molecule has 0 spiro atoms. The first-order valence-electron chi connectivity index (χ1n) is 6.58. The van der Waals surface area contributed by atoms with Gasteiger partial charge in [0.25, 0.3) is 0 Å². The first kappa shape index (κ1) is 15.3. The van der Waals surface area contributed by atoms with Crippen molar-refractivity contribution in [3.63, 3.8) is 0 Å². The minimum absolute atomic E-state index is 0.197. The molecule has 21 heavy (non-hydrogen) atoms. The first-order chi connectivity index (χ1) is 10.0. The predicted octanol–water partition coefficient (Wildman–Crippen LogP) is 2.15. The van der Waals surface area contributed by atoms with Crippen LogP contribution in [0.4, 0.5) is 5.69 Å². The maximum Gasteiger partial charge on any atom is 0.240 e. The van der Waals surface area contributed by atoms with Crippen LogP contribution in [0.5, 0.6) is 5.75 Å². The topological polar surface area (TPSA) is 81.4 Å². The van der Waals surface area contributed by atoms with Crippen molar-refractivity contribution in [2.24, 2.45) is 0 Å². The molecule has 0 fully saturated rings. The lowest BCUT2D eigenvalue weighted by Crippen LogP contribution is -2.23. The van der Waals surface area contributed by atoms with Gasteiger partial charge in [-0.3, -0.25) is 0 Å². The molecule has 0 aliphatic rings. The third-order valence-corrected chi connectivity index (χ3v) is 4.31. The highest BCUT2D eigenvalue weighted by molar-refractivity contribution is 7.89. The molecule has 2 aromatic rings. The summed E-state index contributed by atoms with van der Waals surface area (Å²) in [6, 6.07) is 13.4. The number of ether oxygens (including phenoxy) is 1. The number of hydrogen-bond donors (Lipinski definition) is 2. The van der Waals surface area contributed by atoms with E-state index in [-0.39, 0.29) is 11.4 Å². The molecule has 6 heteroatoms. The summed E-state index contributed by atoms with van der Waals surface area (Å²) >= 11 is 0. The Labute approximate surface area is 124 Å². The van der Waals surface area contributed by atoms with Crippen LogP contribution in [0.2, 0.25) is 0 Å². The van der Waals surface area contributed by atoms with Gasteiger partial charge in [-0.25, -0.2) is 13.1 Å². The van der Waals surface area contributed by atoms with Gasteiger partial charge in [0.15, 0.2) is 0 Å². The number of rotatable bonds is 6. The number of nitrogens with one attached hydrogen (secondary N) is 1. The third-order valence-electron chi connectivity index (χ3n) is 2.89. The second-order valence-electron chi connectivity index (χ2n) is 4.47. The highest BCUT2D eigenvalue weighted by atomic mass is 32.2. The summed E-state index contributed by atoms with van der Waals surface area (Å²) in [5.74, 6) is 0.766. The normalized spacial score (nSPS) is 11.3. The molecule has 0 atom stereocenters. The van der Waals surface area contributed by atoms with Gasteiger partial charge in [0.2, 0.25) is 10.0 Å². The second kappa shape index (κ2) is 6.60. The van der Waals surface area contributed by atoms with Crippen LogP contribution < -0.4 is 15.2 Å². The van der Waals surface area contributed by atoms with Crippen LogP contribution in [0, 0.1) is 0 Å². The van der Waals surface area contributed by atoms with Crippen molar-refractivity contribution in [1.82, 2.24) is 4.72 Å². The Hall–Kier alpha value is -2.05. The third kappa shape index (κ3) is 4.21. The van der Waals surface area contributed by atoms with E-state index in [1.807, 2.05) is 31.2 Å². The van der Waals surface area contributed by atoms with E-state index in [1.54, 1.807) is 12.1 Å². The standard InChI is InChI=1S/C15H18N2O3S/c1-2-20-14-7-3-12(4-8-14)11-17-21(18,19)15-9-5-13(16)6-10-15/h3-10,17H,2,11,16H2,1H3. The van der Waals surface area contributed by atoms with E-state index in [0.29, 0.717) is 12.3 Å². The van der Waals surface area contributed by atoms with Crippen molar-refractivity contribution in [1.29, 1.82) is 0 Å². The van der Waals surface area contributed by atoms with Crippen molar-refractivity contribution < 1.29 is 13.2 Å². The molecule has 3 N–H and O–H groups in total. The van der Waals surface area contributed by atoms with Crippen LogP contribution >= 0.6 is 0 Å². The van der Waals surface area contributed by atoms with Gasteiger partial charge in [-0.2, -0.15) is 0 Å². The number of anilines is 1. The molecule has 112 valence electrons. The summed E-state index contributed by atoms with van der Waals surface area (Å²) in [6.45, 7) is 2.73. The molecule has 0 heterocycles. The molecular weight excluding hydrogens is 288 g/mol. The van der Waals surface area contributed by atoms with Crippen molar-refractivity contribution in [2.75, 3.05) is 12.3 Å². The lowest BCUT2D eigenvalue weighted by molar-refractivity contribution is 0.340. The van der Waals surface area contributed by atoms with E-state index in [2.05, 4.69) is 4.72 Å². The lowest BCUT2D eigenvalue weighted by Gasteiger charge is -2.08. The van der Waals surface area contributed by atoms with Gasteiger partial charge in [-0.15, -0.1) is 0 Å². The van der Waals surface area contributed by atoms with Crippen molar-refractivity contribution >= 4 is 15.7 Å². The van der Waals surface area contributed by atoms with Crippen LogP contribution in [0.1, 0.15) is 12.5 Å².